The molecule has 1 amide bonds. The zero-order chi connectivity index (χ0) is 20.7. The van der Waals surface area contributed by atoms with Crippen LogP contribution in [0, 0.1) is 19.8 Å². The minimum atomic E-state index is -0.451. The Morgan fingerprint density at radius 1 is 1.10 bits per heavy atom. The third kappa shape index (κ3) is 3.22. The molecule has 0 bridgehead atoms. The number of methoxy groups -OCH3 is 2. The van der Waals surface area contributed by atoms with Crippen LogP contribution in [0.4, 0.5) is 5.69 Å². The van der Waals surface area contributed by atoms with E-state index >= 15 is 0 Å². The predicted octanol–water partition coefficient (Wildman–Crippen LogP) is 3.36. The molecule has 29 heavy (non-hydrogen) atoms. The molecular weight excluding hydrogens is 370 g/mol. The van der Waals surface area contributed by atoms with Gasteiger partial charge in [0.25, 0.3) is 0 Å². The molecule has 0 unspecified atom stereocenters. The van der Waals surface area contributed by atoms with Crippen molar-refractivity contribution in [3.8, 4) is 11.5 Å². The number of carbonyl (C=O) groups is 2. The number of hydrogen-bond acceptors (Lipinski definition) is 5. The zero-order valence-corrected chi connectivity index (χ0v) is 16.9. The summed E-state index contributed by atoms with van der Waals surface area (Å²) >= 11 is 0. The molecule has 0 spiro atoms. The van der Waals surface area contributed by atoms with Crippen molar-refractivity contribution in [3.63, 3.8) is 0 Å². The summed E-state index contributed by atoms with van der Waals surface area (Å²) in [6.07, 6.45) is 1.70. The number of benzene rings is 2. The first-order valence-electron chi connectivity index (χ1n) is 9.44. The van der Waals surface area contributed by atoms with Gasteiger partial charge in [-0.05, 0) is 49.2 Å². The highest BCUT2D eigenvalue weighted by molar-refractivity contribution is 6.03. The van der Waals surface area contributed by atoms with Crippen LogP contribution in [-0.4, -0.2) is 42.1 Å². The lowest BCUT2D eigenvalue weighted by atomic mass is 10.1. The summed E-state index contributed by atoms with van der Waals surface area (Å²) < 4.78 is 12.2. The van der Waals surface area contributed by atoms with Gasteiger partial charge in [-0.1, -0.05) is 0 Å². The van der Waals surface area contributed by atoms with Gasteiger partial charge in [0, 0.05) is 19.0 Å². The zero-order valence-electron chi connectivity index (χ0n) is 16.9. The van der Waals surface area contributed by atoms with Crippen LogP contribution in [0.2, 0.25) is 0 Å². The van der Waals surface area contributed by atoms with E-state index in [9.17, 15) is 9.59 Å². The van der Waals surface area contributed by atoms with Gasteiger partial charge < -0.3 is 14.4 Å². The number of carbonyl (C=O) groups excluding carboxylic acids is 2. The molecular formula is C22H23N3O4. The average Bonchev–Trinajstić information content (AvgIpc) is 3.30. The van der Waals surface area contributed by atoms with Gasteiger partial charge in [0.05, 0.1) is 36.9 Å². The number of aryl methyl sites for hydroxylation is 2. The molecule has 2 aromatic carbocycles. The number of anilines is 1. The second-order valence-corrected chi connectivity index (χ2v) is 7.32. The molecule has 3 aromatic rings. The molecule has 2 heterocycles. The van der Waals surface area contributed by atoms with Crippen molar-refractivity contribution in [1.29, 1.82) is 0 Å². The Hall–Kier alpha value is -3.35. The first-order chi connectivity index (χ1) is 13.9. The van der Waals surface area contributed by atoms with Crippen LogP contribution in [0.3, 0.4) is 0 Å². The number of ether oxygens (including phenoxy) is 2. The lowest BCUT2D eigenvalue weighted by Gasteiger charge is -2.20. The smallest absolute Gasteiger partial charge is 0.237 e. The lowest BCUT2D eigenvalue weighted by Crippen LogP contribution is -2.27. The molecule has 1 aliphatic rings. The molecule has 1 aliphatic heterocycles. The average molecular weight is 393 g/mol. The maximum atomic E-state index is 13.2. The van der Waals surface area contributed by atoms with E-state index in [-0.39, 0.29) is 18.2 Å². The normalized spacial score (nSPS) is 16.5. The Kier molecular flexibility index (Phi) is 4.74. The van der Waals surface area contributed by atoms with Crippen LogP contribution in [-0.2, 0) is 4.79 Å². The van der Waals surface area contributed by atoms with Crippen molar-refractivity contribution >= 4 is 28.5 Å². The fourth-order valence-corrected chi connectivity index (χ4v) is 3.75. The van der Waals surface area contributed by atoms with Gasteiger partial charge in [0.1, 0.15) is 17.8 Å². The first kappa shape index (κ1) is 19.0. The van der Waals surface area contributed by atoms with E-state index in [1.165, 1.54) is 0 Å². The number of amides is 1. The molecule has 1 saturated heterocycles. The highest BCUT2D eigenvalue weighted by Gasteiger charge is 2.37. The van der Waals surface area contributed by atoms with Crippen molar-refractivity contribution in [2.24, 2.45) is 5.92 Å². The monoisotopic (exact) mass is 393 g/mol. The van der Waals surface area contributed by atoms with E-state index in [4.69, 9.17) is 9.47 Å². The molecule has 0 radical (unpaired) electrons. The van der Waals surface area contributed by atoms with Crippen molar-refractivity contribution in [3.05, 3.63) is 47.8 Å². The van der Waals surface area contributed by atoms with E-state index in [0.717, 1.165) is 22.2 Å². The van der Waals surface area contributed by atoms with Gasteiger partial charge in [-0.3, -0.25) is 14.2 Å². The third-order valence-corrected chi connectivity index (χ3v) is 5.55. The molecule has 0 saturated carbocycles. The fraction of sp³-hybridized carbons (Fsp3) is 0.318. The van der Waals surface area contributed by atoms with E-state index in [1.807, 2.05) is 26.0 Å². The minimum absolute atomic E-state index is 0.108. The molecule has 1 fully saturated rings. The van der Waals surface area contributed by atoms with Gasteiger partial charge in [0.2, 0.25) is 11.8 Å². The SMILES string of the molecule is COc1ccc(N2C[C@H](C(=O)n3cnc4cc(C)c(C)cc43)CC2=O)c(OC)c1. The van der Waals surface area contributed by atoms with Crippen LogP contribution < -0.4 is 14.4 Å². The maximum Gasteiger partial charge on any atom is 0.237 e. The van der Waals surface area contributed by atoms with E-state index < -0.39 is 5.92 Å². The summed E-state index contributed by atoms with van der Waals surface area (Å²) in [6.45, 7) is 4.32. The van der Waals surface area contributed by atoms with Crippen molar-refractivity contribution in [2.45, 2.75) is 20.3 Å². The number of nitrogens with zero attached hydrogens (tertiary/aromatic N) is 3. The fourth-order valence-electron chi connectivity index (χ4n) is 3.75. The summed E-state index contributed by atoms with van der Waals surface area (Å²) in [5, 5.41) is 0. The molecule has 4 rings (SSSR count). The van der Waals surface area contributed by atoms with E-state index in [1.54, 1.807) is 48.2 Å². The van der Waals surface area contributed by atoms with Gasteiger partial charge in [-0.25, -0.2) is 4.98 Å². The number of aromatic nitrogens is 2. The third-order valence-electron chi connectivity index (χ3n) is 5.55. The van der Waals surface area contributed by atoms with Crippen LogP contribution in [0.25, 0.3) is 11.0 Å². The van der Waals surface area contributed by atoms with Crippen LogP contribution in [0.1, 0.15) is 22.3 Å². The Morgan fingerprint density at radius 3 is 2.59 bits per heavy atom. The number of fused-ring (bicyclic) bond motifs is 1. The summed E-state index contributed by atoms with van der Waals surface area (Å²) in [5.41, 5.74) is 4.41. The highest BCUT2D eigenvalue weighted by atomic mass is 16.5. The molecule has 150 valence electrons. The standard InChI is InChI=1S/C22H23N3O4/c1-13-7-17-19(8-14(13)2)25(12-23-17)22(27)15-9-21(26)24(11-15)18-6-5-16(28-3)10-20(18)29-4/h5-8,10,12,15H,9,11H2,1-4H3/t15-/m1/s1. The van der Waals surface area contributed by atoms with Gasteiger partial charge in [-0.15, -0.1) is 0 Å². The summed E-state index contributed by atoms with van der Waals surface area (Å²) in [7, 11) is 3.12. The van der Waals surface area contributed by atoms with Crippen LogP contribution in [0.15, 0.2) is 36.7 Å². The van der Waals surface area contributed by atoms with Gasteiger partial charge >= 0.3 is 0 Å². The van der Waals surface area contributed by atoms with Gasteiger partial charge in [-0.2, -0.15) is 0 Å². The molecule has 7 heteroatoms. The topological polar surface area (TPSA) is 73.7 Å². The largest absolute Gasteiger partial charge is 0.497 e. The Bertz CT molecular complexity index is 1120. The van der Waals surface area contributed by atoms with Crippen molar-refractivity contribution < 1.29 is 19.1 Å². The van der Waals surface area contributed by atoms with Crippen LogP contribution in [0.5, 0.6) is 11.5 Å². The van der Waals surface area contributed by atoms with Gasteiger partial charge in [0.15, 0.2) is 0 Å². The van der Waals surface area contributed by atoms with Crippen molar-refractivity contribution in [1.82, 2.24) is 9.55 Å². The summed E-state index contributed by atoms with van der Waals surface area (Å²) in [6, 6.07) is 9.22. The number of imidazole rings is 1. The van der Waals surface area contributed by atoms with E-state index in [0.29, 0.717) is 23.7 Å². The number of hydrogen-bond donors (Lipinski definition) is 0. The summed E-state index contributed by atoms with van der Waals surface area (Å²) in [4.78, 5) is 31.9. The first-order valence-corrected chi connectivity index (χ1v) is 9.44. The molecule has 0 aliphatic carbocycles. The van der Waals surface area contributed by atoms with Crippen LogP contribution >= 0.6 is 0 Å². The second kappa shape index (κ2) is 7.24. The highest BCUT2D eigenvalue weighted by Crippen LogP contribution is 2.36. The molecule has 1 atom stereocenters. The second-order valence-electron chi connectivity index (χ2n) is 7.32. The molecule has 7 nitrogen and oxygen atoms in total. The number of rotatable bonds is 4. The Morgan fingerprint density at radius 2 is 1.86 bits per heavy atom. The molecule has 1 aromatic heterocycles. The minimum Gasteiger partial charge on any atom is -0.497 e. The lowest BCUT2D eigenvalue weighted by molar-refractivity contribution is -0.117. The Labute approximate surface area is 168 Å². The quantitative estimate of drug-likeness (QED) is 0.680. The van der Waals surface area contributed by atoms with Crippen molar-refractivity contribution in [2.75, 3.05) is 25.7 Å². The molecule has 0 N–H and O–H groups in total. The maximum absolute atomic E-state index is 13.2. The Balaban J connectivity index is 1.63. The predicted molar refractivity (Wildman–Crippen MR) is 110 cm³/mol. The van der Waals surface area contributed by atoms with E-state index in [2.05, 4.69) is 4.98 Å². The summed E-state index contributed by atoms with van der Waals surface area (Å²) in [5.74, 6) is 0.487.